The maximum Gasteiger partial charge on any atom is 0.203 e. The second-order valence-electron chi connectivity index (χ2n) is 9.33. The van der Waals surface area contributed by atoms with E-state index < -0.39 is 0 Å². The molecule has 0 aliphatic carbocycles. The molecule has 0 unspecified atom stereocenters. The minimum atomic E-state index is 0.0201. The topological polar surface area (TPSA) is 63.0 Å². The van der Waals surface area contributed by atoms with Gasteiger partial charge in [-0.1, -0.05) is 24.3 Å². The third-order valence-electron chi connectivity index (χ3n) is 7.37. The number of aromatic nitrogens is 2. The van der Waals surface area contributed by atoms with Crippen LogP contribution in [0.15, 0.2) is 60.7 Å². The van der Waals surface area contributed by atoms with Gasteiger partial charge in [0.1, 0.15) is 5.82 Å². The normalized spacial score (nSPS) is 10.9. The van der Waals surface area contributed by atoms with E-state index in [0.717, 1.165) is 60.1 Å². The number of hydrogen-bond acceptors (Lipinski definition) is 6. The number of hydrogen-bond donors (Lipinski definition) is 1. The minimum Gasteiger partial charge on any atom is -0.504 e. The average molecular weight is 529 g/mol. The van der Waals surface area contributed by atoms with Crippen molar-refractivity contribution in [3.05, 3.63) is 60.7 Å². The Morgan fingerprint density at radius 1 is 0.692 bits per heavy atom. The number of phenolic OH excluding ortho intramolecular Hbond substituents is 1. The molecule has 0 saturated carbocycles. The molecule has 1 N–H and O–H groups in total. The van der Waals surface area contributed by atoms with Crippen LogP contribution in [0.4, 0.5) is 11.4 Å². The maximum atomic E-state index is 10.4. The van der Waals surface area contributed by atoms with E-state index >= 15 is 0 Å². The summed E-state index contributed by atoms with van der Waals surface area (Å²) in [5.41, 5.74) is 7.10. The van der Waals surface area contributed by atoms with Crippen molar-refractivity contribution in [3.8, 4) is 51.2 Å². The molecule has 0 atom stereocenters. The Kier molecular flexibility index (Phi) is 8.69. The summed E-state index contributed by atoms with van der Waals surface area (Å²) in [6.45, 7) is 12.5. The van der Waals surface area contributed by atoms with Crippen molar-refractivity contribution in [2.45, 2.75) is 27.7 Å². The lowest BCUT2D eigenvalue weighted by Crippen LogP contribution is -2.21. The molecule has 0 radical (unpaired) electrons. The molecule has 4 aromatic rings. The molecule has 0 spiro atoms. The van der Waals surface area contributed by atoms with Crippen LogP contribution in [0, 0.1) is 0 Å². The number of methoxy groups -OCH3 is 2. The number of aromatic hydroxyl groups is 1. The third-order valence-corrected chi connectivity index (χ3v) is 7.37. The number of imidazole rings is 1. The van der Waals surface area contributed by atoms with Crippen LogP contribution in [-0.4, -0.2) is 55.1 Å². The van der Waals surface area contributed by atoms with E-state index in [9.17, 15) is 5.11 Å². The highest BCUT2D eigenvalue weighted by atomic mass is 16.5. The smallest absolute Gasteiger partial charge is 0.203 e. The fourth-order valence-corrected chi connectivity index (χ4v) is 5.24. The van der Waals surface area contributed by atoms with Gasteiger partial charge in [0.2, 0.25) is 5.75 Å². The summed E-state index contributed by atoms with van der Waals surface area (Å²) >= 11 is 0. The maximum absolute atomic E-state index is 10.4. The van der Waals surface area contributed by atoms with Gasteiger partial charge in [0.15, 0.2) is 11.5 Å². The molecule has 0 fully saturated rings. The molecule has 1 heterocycles. The Morgan fingerprint density at radius 2 is 1.18 bits per heavy atom. The summed E-state index contributed by atoms with van der Waals surface area (Å²) in [6.07, 6.45) is 0. The van der Waals surface area contributed by atoms with Crippen molar-refractivity contribution in [1.29, 1.82) is 0 Å². The van der Waals surface area contributed by atoms with Crippen molar-refractivity contribution in [2.24, 2.45) is 7.05 Å². The van der Waals surface area contributed by atoms with Crippen LogP contribution in [0.1, 0.15) is 27.7 Å². The molecule has 7 nitrogen and oxygen atoms in total. The molecule has 0 aliphatic rings. The van der Waals surface area contributed by atoms with E-state index in [0.29, 0.717) is 5.75 Å². The zero-order valence-corrected chi connectivity index (χ0v) is 24.2. The van der Waals surface area contributed by atoms with Gasteiger partial charge >= 0.3 is 0 Å². The Labute approximate surface area is 232 Å². The van der Waals surface area contributed by atoms with Crippen LogP contribution in [0.25, 0.3) is 33.9 Å². The number of nitrogens with zero attached hydrogens (tertiary/aromatic N) is 4. The van der Waals surface area contributed by atoms with E-state index in [1.54, 1.807) is 13.2 Å². The summed E-state index contributed by atoms with van der Waals surface area (Å²) in [4.78, 5) is 9.83. The zero-order chi connectivity index (χ0) is 28.1. The van der Waals surface area contributed by atoms with Gasteiger partial charge in [-0.05, 0) is 64.1 Å². The Balaban J connectivity index is 1.92. The molecule has 0 bridgehead atoms. The number of ether oxygens (including phenoxy) is 2. The fourth-order valence-electron chi connectivity index (χ4n) is 5.24. The summed E-state index contributed by atoms with van der Waals surface area (Å²) in [5.74, 6) is 1.47. The van der Waals surface area contributed by atoms with Crippen LogP contribution in [0.2, 0.25) is 0 Å². The van der Waals surface area contributed by atoms with Gasteiger partial charge in [0.05, 0.1) is 31.2 Å². The molecular formula is C32H40N4O3. The largest absolute Gasteiger partial charge is 0.504 e. The van der Waals surface area contributed by atoms with Crippen LogP contribution in [-0.2, 0) is 7.05 Å². The first-order valence-corrected chi connectivity index (χ1v) is 13.6. The van der Waals surface area contributed by atoms with Crippen molar-refractivity contribution in [2.75, 3.05) is 50.2 Å². The summed E-state index contributed by atoms with van der Waals surface area (Å²) < 4.78 is 13.3. The van der Waals surface area contributed by atoms with Crippen LogP contribution < -0.4 is 19.3 Å². The first-order chi connectivity index (χ1) is 18.9. The highest BCUT2D eigenvalue weighted by Gasteiger charge is 2.24. The molecular weight excluding hydrogens is 488 g/mol. The summed E-state index contributed by atoms with van der Waals surface area (Å²) in [5, 5.41) is 10.4. The van der Waals surface area contributed by atoms with Crippen molar-refractivity contribution in [3.63, 3.8) is 0 Å². The molecule has 39 heavy (non-hydrogen) atoms. The predicted molar refractivity (Wildman–Crippen MR) is 161 cm³/mol. The lowest BCUT2D eigenvalue weighted by molar-refractivity contribution is 0.334. The lowest BCUT2D eigenvalue weighted by Gasteiger charge is -2.21. The molecule has 0 aliphatic heterocycles. The van der Waals surface area contributed by atoms with E-state index in [2.05, 4.69) is 90.6 Å². The molecule has 3 aromatic carbocycles. The van der Waals surface area contributed by atoms with Gasteiger partial charge in [-0.3, -0.25) is 0 Å². The second kappa shape index (κ2) is 12.2. The molecule has 0 amide bonds. The predicted octanol–water partition coefficient (Wildman–Crippen LogP) is 6.84. The van der Waals surface area contributed by atoms with E-state index in [1.165, 1.54) is 18.5 Å². The highest BCUT2D eigenvalue weighted by molar-refractivity contribution is 5.85. The summed E-state index contributed by atoms with van der Waals surface area (Å²) in [6, 6.07) is 20.7. The standard InChI is InChI=1S/C32H40N4O3/c1-8-35(9-2)24-16-12-22(13-17-24)28-29(23-14-18-25(19-15-23)36(10-3)11-4)34(5)32(33-28)26-20-21-27(37)31(39-7)30(26)38-6/h12-21,37H,8-11H2,1-7H3. The van der Waals surface area contributed by atoms with Gasteiger partial charge in [-0.15, -0.1) is 0 Å². The van der Waals surface area contributed by atoms with E-state index in [1.807, 2.05) is 13.1 Å². The third kappa shape index (κ3) is 5.26. The fraction of sp³-hybridized carbons (Fsp3) is 0.344. The number of anilines is 2. The first kappa shape index (κ1) is 27.9. The molecule has 1 aromatic heterocycles. The quantitative estimate of drug-likeness (QED) is 0.230. The van der Waals surface area contributed by atoms with E-state index in [4.69, 9.17) is 14.5 Å². The average Bonchev–Trinajstić information content (AvgIpc) is 3.31. The van der Waals surface area contributed by atoms with Gasteiger partial charge in [-0.25, -0.2) is 4.98 Å². The first-order valence-electron chi connectivity index (χ1n) is 13.6. The van der Waals surface area contributed by atoms with Gasteiger partial charge in [-0.2, -0.15) is 0 Å². The molecule has 4 rings (SSSR count). The SMILES string of the molecule is CCN(CC)c1ccc(-c2nc(-c3ccc(O)c(OC)c3OC)n(C)c2-c2ccc(N(CC)CC)cc2)cc1. The molecule has 0 saturated heterocycles. The minimum absolute atomic E-state index is 0.0201. The monoisotopic (exact) mass is 528 g/mol. The highest BCUT2D eigenvalue weighted by Crippen LogP contribution is 2.45. The molecule has 7 heteroatoms. The Hall–Kier alpha value is -4.13. The second-order valence-corrected chi connectivity index (χ2v) is 9.33. The Bertz CT molecular complexity index is 1390. The van der Waals surface area contributed by atoms with Crippen LogP contribution in [0.3, 0.4) is 0 Å². The Morgan fingerprint density at radius 3 is 1.64 bits per heavy atom. The lowest BCUT2D eigenvalue weighted by atomic mass is 10.0. The van der Waals surface area contributed by atoms with Crippen molar-refractivity contribution >= 4 is 11.4 Å². The van der Waals surface area contributed by atoms with E-state index in [-0.39, 0.29) is 11.5 Å². The van der Waals surface area contributed by atoms with Gasteiger partial charge < -0.3 is 28.9 Å². The van der Waals surface area contributed by atoms with Crippen LogP contribution >= 0.6 is 0 Å². The zero-order valence-electron chi connectivity index (χ0n) is 24.2. The van der Waals surface area contributed by atoms with Gasteiger partial charge in [0, 0.05) is 55.7 Å². The number of rotatable bonds is 11. The molecule has 206 valence electrons. The van der Waals surface area contributed by atoms with Crippen LogP contribution in [0.5, 0.6) is 17.2 Å². The van der Waals surface area contributed by atoms with Crippen molar-refractivity contribution in [1.82, 2.24) is 9.55 Å². The van der Waals surface area contributed by atoms with Gasteiger partial charge in [0.25, 0.3) is 0 Å². The summed E-state index contributed by atoms with van der Waals surface area (Å²) in [7, 11) is 5.11. The number of benzene rings is 3. The number of phenols is 1. The van der Waals surface area contributed by atoms with Crippen molar-refractivity contribution < 1.29 is 14.6 Å².